The van der Waals surface area contributed by atoms with Crippen molar-refractivity contribution in [2.75, 3.05) is 19.7 Å². The summed E-state index contributed by atoms with van der Waals surface area (Å²) in [7, 11) is 0. The molecule has 1 aliphatic rings. The molecule has 0 radical (unpaired) electrons. The second-order valence-corrected chi connectivity index (χ2v) is 5.15. The number of hydrogen-bond acceptors (Lipinski definition) is 3. The molecule has 0 aromatic rings. The van der Waals surface area contributed by atoms with Crippen molar-refractivity contribution in [3.8, 4) is 0 Å². The van der Waals surface area contributed by atoms with Gasteiger partial charge in [-0.15, -0.1) is 0 Å². The van der Waals surface area contributed by atoms with Crippen molar-refractivity contribution < 1.29 is 9.53 Å². The lowest BCUT2D eigenvalue weighted by Crippen LogP contribution is -2.36. The van der Waals surface area contributed by atoms with Gasteiger partial charge in [-0.3, -0.25) is 4.79 Å². The third-order valence-corrected chi connectivity index (χ3v) is 2.56. The van der Waals surface area contributed by atoms with E-state index in [4.69, 9.17) is 10.5 Å². The van der Waals surface area contributed by atoms with Crippen molar-refractivity contribution in [1.82, 2.24) is 5.32 Å². The number of ether oxygens (including phenoxy) is 1. The van der Waals surface area contributed by atoms with Gasteiger partial charge in [-0.2, -0.15) is 0 Å². The van der Waals surface area contributed by atoms with E-state index in [1.165, 1.54) is 0 Å². The molecule has 4 nitrogen and oxygen atoms in total. The summed E-state index contributed by atoms with van der Waals surface area (Å²) in [6.45, 7) is 7.57. The van der Waals surface area contributed by atoms with Crippen LogP contribution in [0.25, 0.3) is 0 Å². The van der Waals surface area contributed by atoms with Crippen LogP contribution in [0.5, 0.6) is 0 Å². The van der Waals surface area contributed by atoms with E-state index in [0.717, 1.165) is 6.42 Å². The minimum absolute atomic E-state index is 0.0669. The van der Waals surface area contributed by atoms with Gasteiger partial charge in [0.05, 0.1) is 12.7 Å². The number of amides is 1. The molecular formula is C11H22N2O2. The molecule has 1 rings (SSSR count). The summed E-state index contributed by atoms with van der Waals surface area (Å²) in [6.07, 6.45) is 1.41. The maximum Gasteiger partial charge on any atom is 0.225 e. The first-order valence-corrected chi connectivity index (χ1v) is 5.55. The van der Waals surface area contributed by atoms with E-state index in [-0.39, 0.29) is 11.3 Å². The number of carbonyl (C=O) groups is 1. The van der Waals surface area contributed by atoms with Crippen molar-refractivity contribution >= 4 is 5.91 Å². The first kappa shape index (κ1) is 12.5. The van der Waals surface area contributed by atoms with Crippen molar-refractivity contribution in [3.63, 3.8) is 0 Å². The molecule has 4 heteroatoms. The molecule has 0 saturated heterocycles. The Bertz CT molecular complexity index is 223. The smallest absolute Gasteiger partial charge is 0.225 e. The van der Waals surface area contributed by atoms with E-state index in [1.54, 1.807) is 0 Å². The zero-order chi connectivity index (χ0) is 11.5. The lowest BCUT2D eigenvalue weighted by atomic mass is 9.96. The summed E-state index contributed by atoms with van der Waals surface area (Å²) in [4.78, 5) is 11.5. The number of nitrogens with two attached hydrogens (primary N) is 1. The number of rotatable bonds is 5. The summed E-state index contributed by atoms with van der Waals surface area (Å²) in [5, 5.41) is 2.84. The fraction of sp³-hybridized carbons (Fsp3) is 0.909. The Hall–Kier alpha value is -0.610. The van der Waals surface area contributed by atoms with Crippen LogP contribution in [0.4, 0.5) is 0 Å². The molecule has 2 atom stereocenters. The molecule has 0 bridgehead atoms. The van der Waals surface area contributed by atoms with Crippen LogP contribution in [0.3, 0.4) is 0 Å². The highest BCUT2D eigenvalue weighted by atomic mass is 16.5. The summed E-state index contributed by atoms with van der Waals surface area (Å²) >= 11 is 0. The second kappa shape index (κ2) is 4.94. The van der Waals surface area contributed by atoms with Crippen LogP contribution in [-0.4, -0.2) is 31.7 Å². The molecule has 1 unspecified atom stereocenters. The highest BCUT2D eigenvalue weighted by Crippen LogP contribution is 2.31. The molecule has 0 spiro atoms. The molecule has 0 heterocycles. The SMILES string of the molecule is CC(C)(C)C(=O)NCCOC1C[C@H]1CN. The summed E-state index contributed by atoms with van der Waals surface area (Å²) < 4.78 is 5.52. The Balaban J connectivity index is 2.00. The molecule has 1 saturated carbocycles. The van der Waals surface area contributed by atoms with Crippen molar-refractivity contribution in [2.24, 2.45) is 17.1 Å². The van der Waals surface area contributed by atoms with Crippen LogP contribution >= 0.6 is 0 Å². The number of hydrogen-bond donors (Lipinski definition) is 2. The average molecular weight is 214 g/mol. The third kappa shape index (κ3) is 4.18. The van der Waals surface area contributed by atoms with E-state index in [2.05, 4.69) is 5.32 Å². The minimum Gasteiger partial charge on any atom is -0.376 e. The van der Waals surface area contributed by atoms with Gasteiger partial charge in [-0.25, -0.2) is 0 Å². The normalized spacial score (nSPS) is 25.1. The van der Waals surface area contributed by atoms with Crippen LogP contribution in [0.2, 0.25) is 0 Å². The van der Waals surface area contributed by atoms with Gasteiger partial charge in [0.25, 0.3) is 0 Å². The van der Waals surface area contributed by atoms with Crippen LogP contribution in [0.15, 0.2) is 0 Å². The molecule has 0 aliphatic heterocycles. The van der Waals surface area contributed by atoms with Crippen LogP contribution in [0.1, 0.15) is 27.2 Å². The quantitative estimate of drug-likeness (QED) is 0.655. The Labute approximate surface area is 91.5 Å². The first-order valence-electron chi connectivity index (χ1n) is 5.55. The maximum atomic E-state index is 11.5. The van der Waals surface area contributed by atoms with Gasteiger partial charge in [-0.1, -0.05) is 20.8 Å². The fourth-order valence-corrected chi connectivity index (χ4v) is 1.31. The van der Waals surface area contributed by atoms with Crippen molar-refractivity contribution in [1.29, 1.82) is 0 Å². The zero-order valence-corrected chi connectivity index (χ0v) is 9.88. The van der Waals surface area contributed by atoms with Gasteiger partial charge in [0.15, 0.2) is 0 Å². The molecule has 3 N–H and O–H groups in total. The van der Waals surface area contributed by atoms with E-state index in [9.17, 15) is 4.79 Å². The van der Waals surface area contributed by atoms with Crippen molar-refractivity contribution in [2.45, 2.75) is 33.3 Å². The van der Waals surface area contributed by atoms with Gasteiger partial charge < -0.3 is 15.8 Å². The molecule has 1 fully saturated rings. The van der Waals surface area contributed by atoms with E-state index >= 15 is 0 Å². The van der Waals surface area contributed by atoms with E-state index in [1.807, 2.05) is 20.8 Å². The third-order valence-electron chi connectivity index (χ3n) is 2.56. The van der Waals surface area contributed by atoms with Crippen LogP contribution in [-0.2, 0) is 9.53 Å². The molecule has 0 aromatic carbocycles. The average Bonchev–Trinajstić information content (AvgIpc) is 2.89. The van der Waals surface area contributed by atoms with Gasteiger partial charge >= 0.3 is 0 Å². The fourth-order valence-electron chi connectivity index (χ4n) is 1.31. The molecule has 0 aromatic heterocycles. The van der Waals surface area contributed by atoms with Crippen LogP contribution in [0, 0.1) is 11.3 Å². The minimum atomic E-state index is -0.320. The van der Waals surface area contributed by atoms with E-state index < -0.39 is 0 Å². The molecule has 88 valence electrons. The molecule has 1 aliphatic carbocycles. The highest BCUT2D eigenvalue weighted by molar-refractivity contribution is 5.81. The molecule has 15 heavy (non-hydrogen) atoms. The first-order chi connectivity index (χ1) is 6.95. The lowest BCUT2D eigenvalue weighted by molar-refractivity contribution is -0.128. The molecule has 1 amide bonds. The Morgan fingerprint density at radius 1 is 1.53 bits per heavy atom. The van der Waals surface area contributed by atoms with Gasteiger partial charge in [-0.05, 0) is 18.9 Å². The second-order valence-electron chi connectivity index (χ2n) is 5.15. The van der Waals surface area contributed by atoms with Gasteiger partial charge in [0.2, 0.25) is 5.91 Å². The maximum absolute atomic E-state index is 11.5. The number of carbonyl (C=O) groups excluding carboxylic acids is 1. The van der Waals surface area contributed by atoms with Gasteiger partial charge in [0.1, 0.15) is 0 Å². The largest absolute Gasteiger partial charge is 0.376 e. The van der Waals surface area contributed by atoms with Crippen LogP contribution < -0.4 is 11.1 Å². The van der Waals surface area contributed by atoms with Gasteiger partial charge in [0, 0.05) is 12.0 Å². The molecular weight excluding hydrogens is 192 g/mol. The Morgan fingerprint density at radius 3 is 2.67 bits per heavy atom. The topological polar surface area (TPSA) is 64.3 Å². The monoisotopic (exact) mass is 214 g/mol. The summed E-state index contributed by atoms with van der Waals surface area (Å²) in [5.41, 5.74) is 5.16. The summed E-state index contributed by atoms with van der Waals surface area (Å²) in [6, 6.07) is 0. The predicted molar refractivity (Wildman–Crippen MR) is 59.4 cm³/mol. The van der Waals surface area contributed by atoms with E-state index in [0.29, 0.717) is 31.7 Å². The van der Waals surface area contributed by atoms with Crippen molar-refractivity contribution in [3.05, 3.63) is 0 Å². The standard InChI is InChI=1S/C11H22N2O2/c1-11(2,3)10(14)13-4-5-15-9-6-8(9)7-12/h8-9H,4-7,12H2,1-3H3,(H,13,14)/t8-,9?/m0/s1. The Kier molecular flexibility index (Phi) is 4.11. The highest BCUT2D eigenvalue weighted by Gasteiger charge is 2.36. The predicted octanol–water partition coefficient (Wildman–Crippen LogP) is 0.513. The Morgan fingerprint density at radius 2 is 2.20 bits per heavy atom. The number of nitrogens with one attached hydrogen (secondary N) is 1. The lowest BCUT2D eigenvalue weighted by Gasteiger charge is -2.17. The summed E-state index contributed by atoms with van der Waals surface area (Å²) in [5.74, 6) is 0.612. The zero-order valence-electron chi connectivity index (χ0n) is 9.88.